The van der Waals surface area contributed by atoms with Crippen LogP contribution in [0.15, 0.2) is 42.5 Å². The lowest BCUT2D eigenvalue weighted by Crippen LogP contribution is -2.16. The highest BCUT2D eigenvalue weighted by Gasteiger charge is 2.13. The van der Waals surface area contributed by atoms with Crippen LogP contribution in [0.2, 0.25) is 0 Å². The van der Waals surface area contributed by atoms with Crippen LogP contribution in [0.25, 0.3) is 0 Å². The number of rotatable bonds is 4. The standard InChI is InChI=1S/C20H18F2N4O/c1-11-4-5-12(2)17(8-11)25-20-23-13(3)9-18(26-20)19(27)24-14-6-7-15(21)16(22)10-14/h4-10H,1-3H3,(H,24,27)(H,23,25,26). The molecule has 3 aromatic rings. The molecule has 0 aliphatic heterocycles. The number of hydrogen-bond donors (Lipinski definition) is 2. The van der Waals surface area contributed by atoms with Gasteiger partial charge in [0.05, 0.1) is 0 Å². The first kappa shape index (κ1) is 18.4. The van der Waals surface area contributed by atoms with Crippen LogP contribution in [0.5, 0.6) is 0 Å². The molecular formula is C20H18F2N4O. The van der Waals surface area contributed by atoms with Gasteiger partial charge in [0.15, 0.2) is 11.6 Å². The summed E-state index contributed by atoms with van der Waals surface area (Å²) < 4.78 is 26.3. The molecule has 0 radical (unpaired) electrons. The lowest BCUT2D eigenvalue weighted by molar-refractivity contribution is 0.102. The zero-order chi connectivity index (χ0) is 19.6. The number of anilines is 3. The Labute approximate surface area is 155 Å². The van der Waals surface area contributed by atoms with Crippen molar-refractivity contribution < 1.29 is 13.6 Å². The third-order valence-corrected chi connectivity index (χ3v) is 3.90. The molecule has 1 aromatic heterocycles. The Bertz CT molecular complexity index is 1020. The fourth-order valence-corrected chi connectivity index (χ4v) is 2.50. The quantitative estimate of drug-likeness (QED) is 0.702. The summed E-state index contributed by atoms with van der Waals surface area (Å²) in [6, 6.07) is 10.6. The van der Waals surface area contributed by atoms with Crippen LogP contribution < -0.4 is 10.6 Å². The van der Waals surface area contributed by atoms with E-state index in [-0.39, 0.29) is 17.3 Å². The Kier molecular flexibility index (Phi) is 5.12. The van der Waals surface area contributed by atoms with E-state index in [4.69, 9.17) is 0 Å². The highest BCUT2D eigenvalue weighted by atomic mass is 19.2. The first-order chi connectivity index (χ1) is 12.8. The number of aryl methyl sites for hydroxylation is 3. The van der Waals surface area contributed by atoms with Crippen LogP contribution in [-0.2, 0) is 0 Å². The fourth-order valence-electron chi connectivity index (χ4n) is 2.50. The summed E-state index contributed by atoms with van der Waals surface area (Å²) in [6.07, 6.45) is 0. The maximum atomic E-state index is 13.3. The van der Waals surface area contributed by atoms with Crippen molar-refractivity contribution >= 4 is 23.2 Å². The van der Waals surface area contributed by atoms with Crippen LogP contribution in [0.1, 0.15) is 27.3 Å². The normalized spacial score (nSPS) is 10.6. The van der Waals surface area contributed by atoms with Crippen molar-refractivity contribution in [3.63, 3.8) is 0 Å². The molecular weight excluding hydrogens is 350 g/mol. The summed E-state index contributed by atoms with van der Waals surface area (Å²) in [5, 5.41) is 5.62. The zero-order valence-corrected chi connectivity index (χ0v) is 15.1. The Hall–Kier alpha value is -3.35. The SMILES string of the molecule is Cc1ccc(C)c(Nc2nc(C)cc(C(=O)Nc3ccc(F)c(F)c3)n2)c1. The second kappa shape index (κ2) is 7.49. The third-order valence-electron chi connectivity index (χ3n) is 3.90. The molecule has 7 heteroatoms. The Morgan fingerprint density at radius 2 is 1.70 bits per heavy atom. The third kappa shape index (κ3) is 4.44. The van der Waals surface area contributed by atoms with Gasteiger partial charge in [0, 0.05) is 23.1 Å². The van der Waals surface area contributed by atoms with Crippen LogP contribution in [0.3, 0.4) is 0 Å². The van der Waals surface area contributed by atoms with Crippen LogP contribution >= 0.6 is 0 Å². The van der Waals surface area contributed by atoms with E-state index < -0.39 is 17.5 Å². The summed E-state index contributed by atoms with van der Waals surface area (Å²) in [4.78, 5) is 21.0. The number of nitrogens with one attached hydrogen (secondary N) is 2. The highest BCUT2D eigenvalue weighted by molar-refractivity contribution is 6.03. The second-order valence-corrected chi connectivity index (χ2v) is 6.24. The molecule has 0 atom stereocenters. The van der Waals surface area contributed by atoms with Crippen LogP contribution in [-0.4, -0.2) is 15.9 Å². The zero-order valence-electron chi connectivity index (χ0n) is 15.1. The van der Waals surface area contributed by atoms with Crippen molar-refractivity contribution in [3.05, 3.63) is 76.6 Å². The molecule has 5 nitrogen and oxygen atoms in total. The lowest BCUT2D eigenvalue weighted by Gasteiger charge is -2.11. The number of carbonyl (C=O) groups excluding carboxylic acids is 1. The van der Waals surface area contributed by atoms with Gasteiger partial charge in [-0.25, -0.2) is 18.7 Å². The van der Waals surface area contributed by atoms with E-state index in [2.05, 4.69) is 20.6 Å². The van der Waals surface area contributed by atoms with E-state index in [1.54, 1.807) is 6.92 Å². The number of benzene rings is 2. The topological polar surface area (TPSA) is 66.9 Å². The largest absolute Gasteiger partial charge is 0.324 e. The van der Waals surface area contributed by atoms with Gasteiger partial charge in [-0.1, -0.05) is 12.1 Å². The first-order valence-corrected chi connectivity index (χ1v) is 8.28. The van der Waals surface area contributed by atoms with Gasteiger partial charge in [0.25, 0.3) is 5.91 Å². The number of aromatic nitrogens is 2. The van der Waals surface area contributed by atoms with Gasteiger partial charge in [-0.05, 0) is 56.2 Å². The van der Waals surface area contributed by atoms with Crippen LogP contribution in [0.4, 0.5) is 26.1 Å². The molecule has 27 heavy (non-hydrogen) atoms. The van der Waals surface area contributed by atoms with Gasteiger partial charge in [-0.3, -0.25) is 4.79 Å². The molecule has 0 unspecified atom stereocenters. The molecule has 0 aliphatic carbocycles. The maximum Gasteiger partial charge on any atom is 0.274 e. The Balaban J connectivity index is 1.84. The molecule has 1 amide bonds. The van der Waals surface area contributed by atoms with E-state index in [1.165, 1.54) is 12.1 Å². The molecule has 0 fully saturated rings. The number of nitrogens with zero attached hydrogens (tertiary/aromatic N) is 2. The summed E-state index contributed by atoms with van der Waals surface area (Å²) in [7, 11) is 0. The van der Waals surface area contributed by atoms with Crippen molar-refractivity contribution in [2.45, 2.75) is 20.8 Å². The van der Waals surface area contributed by atoms with Crippen molar-refractivity contribution in [1.29, 1.82) is 0 Å². The van der Waals surface area contributed by atoms with E-state index in [0.29, 0.717) is 5.69 Å². The average Bonchev–Trinajstić information content (AvgIpc) is 2.61. The smallest absolute Gasteiger partial charge is 0.274 e. The molecule has 138 valence electrons. The number of amides is 1. The molecule has 0 spiro atoms. The van der Waals surface area contributed by atoms with E-state index in [0.717, 1.165) is 28.9 Å². The van der Waals surface area contributed by atoms with E-state index >= 15 is 0 Å². The number of halogens is 2. The molecule has 2 N–H and O–H groups in total. The summed E-state index contributed by atoms with van der Waals surface area (Å²) in [5.74, 6) is -2.29. The molecule has 1 heterocycles. The monoisotopic (exact) mass is 368 g/mol. The van der Waals surface area contributed by atoms with E-state index in [1.807, 2.05) is 32.0 Å². The predicted molar refractivity (Wildman–Crippen MR) is 100 cm³/mol. The van der Waals surface area contributed by atoms with Gasteiger partial charge in [0.1, 0.15) is 5.69 Å². The predicted octanol–water partition coefficient (Wildman–Crippen LogP) is 4.68. The van der Waals surface area contributed by atoms with Gasteiger partial charge >= 0.3 is 0 Å². The van der Waals surface area contributed by atoms with Crippen molar-refractivity contribution in [3.8, 4) is 0 Å². The van der Waals surface area contributed by atoms with Crippen molar-refractivity contribution in [2.24, 2.45) is 0 Å². The summed E-state index contributed by atoms with van der Waals surface area (Å²) in [5.41, 5.74) is 3.77. The van der Waals surface area contributed by atoms with E-state index in [9.17, 15) is 13.6 Å². The average molecular weight is 368 g/mol. The maximum absolute atomic E-state index is 13.3. The highest BCUT2D eigenvalue weighted by Crippen LogP contribution is 2.20. The minimum Gasteiger partial charge on any atom is -0.324 e. The van der Waals surface area contributed by atoms with Crippen molar-refractivity contribution in [2.75, 3.05) is 10.6 Å². The molecule has 3 rings (SSSR count). The molecule has 0 bridgehead atoms. The molecule has 0 saturated carbocycles. The van der Waals surface area contributed by atoms with Crippen LogP contribution in [0, 0.1) is 32.4 Å². The Morgan fingerprint density at radius 1 is 0.926 bits per heavy atom. The van der Waals surface area contributed by atoms with Gasteiger partial charge < -0.3 is 10.6 Å². The number of hydrogen-bond acceptors (Lipinski definition) is 4. The summed E-state index contributed by atoms with van der Waals surface area (Å²) in [6.45, 7) is 5.67. The lowest BCUT2D eigenvalue weighted by atomic mass is 10.1. The second-order valence-electron chi connectivity index (χ2n) is 6.24. The fraction of sp³-hybridized carbons (Fsp3) is 0.150. The number of carbonyl (C=O) groups is 1. The Morgan fingerprint density at radius 3 is 2.44 bits per heavy atom. The van der Waals surface area contributed by atoms with Gasteiger partial charge in [-0.2, -0.15) is 0 Å². The van der Waals surface area contributed by atoms with Gasteiger partial charge in [-0.15, -0.1) is 0 Å². The minimum atomic E-state index is -1.04. The van der Waals surface area contributed by atoms with Gasteiger partial charge in [0.2, 0.25) is 5.95 Å². The first-order valence-electron chi connectivity index (χ1n) is 8.28. The molecule has 2 aromatic carbocycles. The minimum absolute atomic E-state index is 0.111. The molecule has 0 aliphatic rings. The molecule has 0 saturated heterocycles. The summed E-state index contributed by atoms with van der Waals surface area (Å²) >= 11 is 0. The van der Waals surface area contributed by atoms with Crippen molar-refractivity contribution in [1.82, 2.24) is 9.97 Å².